The summed E-state index contributed by atoms with van der Waals surface area (Å²) in [5, 5.41) is 3.67. The van der Waals surface area contributed by atoms with Gasteiger partial charge in [0.15, 0.2) is 0 Å². The Labute approximate surface area is 113 Å². The Hall–Kier alpha value is -0.120. The maximum absolute atomic E-state index is 5.98. The summed E-state index contributed by atoms with van der Waals surface area (Å²) in [5.74, 6) is 0.631. The van der Waals surface area contributed by atoms with Crippen LogP contribution in [0.15, 0.2) is 0 Å². The molecule has 1 aliphatic rings. The van der Waals surface area contributed by atoms with E-state index < -0.39 is 0 Å². The largest absolute Gasteiger partial charge is 0.377 e. The Kier molecular flexibility index (Phi) is 6.09. The molecule has 18 heavy (non-hydrogen) atoms. The molecule has 3 nitrogen and oxygen atoms in total. The van der Waals surface area contributed by atoms with Crippen LogP contribution >= 0.6 is 0 Å². The first-order valence-electron chi connectivity index (χ1n) is 7.41. The van der Waals surface area contributed by atoms with Crippen LogP contribution in [0.5, 0.6) is 0 Å². The molecule has 2 atom stereocenters. The van der Waals surface area contributed by atoms with E-state index in [2.05, 4.69) is 51.9 Å². The van der Waals surface area contributed by atoms with Crippen molar-refractivity contribution in [2.24, 2.45) is 11.3 Å². The zero-order valence-corrected chi connectivity index (χ0v) is 13.1. The number of rotatable bonds is 8. The average Bonchev–Trinajstić information content (AvgIpc) is 2.30. The standard InChI is InChI=1S/C15H32N2O/c1-7-17(6)9-8-16-13-10-14(15(13,4)5)18-11-12(2)3/h12-14,16H,7-11H2,1-6H3. The van der Waals surface area contributed by atoms with Gasteiger partial charge in [-0.3, -0.25) is 0 Å². The molecule has 0 spiro atoms. The summed E-state index contributed by atoms with van der Waals surface area (Å²) in [6, 6.07) is 0.611. The number of nitrogens with one attached hydrogen (secondary N) is 1. The van der Waals surface area contributed by atoms with Crippen molar-refractivity contribution in [3.05, 3.63) is 0 Å². The van der Waals surface area contributed by atoms with E-state index in [9.17, 15) is 0 Å². The highest BCUT2D eigenvalue weighted by atomic mass is 16.5. The highest BCUT2D eigenvalue weighted by Gasteiger charge is 2.48. The predicted octanol–water partition coefficient (Wildman–Crippen LogP) is 2.37. The van der Waals surface area contributed by atoms with Crippen molar-refractivity contribution in [2.45, 2.75) is 53.2 Å². The number of hydrogen-bond donors (Lipinski definition) is 1. The molecule has 0 saturated heterocycles. The van der Waals surface area contributed by atoms with Gasteiger partial charge in [0.05, 0.1) is 6.10 Å². The van der Waals surface area contributed by atoms with Crippen LogP contribution in [0, 0.1) is 11.3 Å². The molecule has 0 bridgehead atoms. The van der Waals surface area contributed by atoms with Crippen LogP contribution in [0.4, 0.5) is 0 Å². The molecule has 0 aromatic carbocycles. The minimum Gasteiger partial charge on any atom is -0.377 e. The van der Waals surface area contributed by atoms with E-state index in [-0.39, 0.29) is 5.41 Å². The fraction of sp³-hybridized carbons (Fsp3) is 1.00. The molecule has 0 aliphatic heterocycles. The van der Waals surface area contributed by atoms with Crippen molar-refractivity contribution >= 4 is 0 Å². The van der Waals surface area contributed by atoms with Crippen LogP contribution < -0.4 is 5.32 Å². The van der Waals surface area contributed by atoms with Crippen molar-refractivity contribution in [1.29, 1.82) is 0 Å². The van der Waals surface area contributed by atoms with E-state index in [1.54, 1.807) is 0 Å². The van der Waals surface area contributed by atoms with Gasteiger partial charge in [-0.15, -0.1) is 0 Å². The van der Waals surface area contributed by atoms with E-state index in [4.69, 9.17) is 4.74 Å². The van der Waals surface area contributed by atoms with E-state index in [1.165, 1.54) is 0 Å². The first-order chi connectivity index (χ1) is 8.37. The van der Waals surface area contributed by atoms with Gasteiger partial charge in [0.1, 0.15) is 0 Å². The second-order valence-corrected chi connectivity index (χ2v) is 6.68. The summed E-state index contributed by atoms with van der Waals surface area (Å²) >= 11 is 0. The van der Waals surface area contributed by atoms with Gasteiger partial charge in [-0.1, -0.05) is 34.6 Å². The maximum atomic E-state index is 5.98. The van der Waals surface area contributed by atoms with Crippen LogP contribution in [0.25, 0.3) is 0 Å². The fourth-order valence-corrected chi connectivity index (χ4v) is 2.41. The first-order valence-corrected chi connectivity index (χ1v) is 7.41. The van der Waals surface area contributed by atoms with E-state index in [0.717, 1.165) is 32.7 Å². The molecule has 1 fully saturated rings. The van der Waals surface area contributed by atoms with Gasteiger partial charge in [-0.25, -0.2) is 0 Å². The SMILES string of the molecule is CCN(C)CCNC1CC(OCC(C)C)C1(C)C. The molecule has 1 aliphatic carbocycles. The van der Waals surface area contributed by atoms with Crippen LogP contribution in [0.3, 0.4) is 0 Å². The van der Waals surface area contributed by atoms with Gasteiger partial charge in [0.25, 0.3) is 0 Å². The summed E-state index contributed by atoms with van der Waals surface area (Å²) in [5.41, 5.74) is 0.277. The third-order valence-electron chi connectivity index (χ3n) is 4.23. The lowest BCUT2D eigenvalue weighted by atomic mass is 9.64. The second kappa shape index (κ2) is 6.88. The van der Waals surface area contributed by atoms with E-state index in [0.29, 0.717) is 18.1 Å². The summed E-state index contributed by atoms with van der Waals surface area (Å²) in [6.45, 7) is 15.5. The van der Waals surface area contributed by atoms with Gasteiger partial charge < -0.3 is 15.0 Å². The van der Waals surface area contributed by atoms with Crippen LogP contribution in [-0.2, 0) is 4.74 Å². The van der Waals surface area contributed by atoms with Gasteiger partial charge in [0.2, 0.25) is 0 Å². The van der Waals surface area contributed by atoms with Crippen LogP contribution in [-0.4, -0.2) is 50.3 Å². The summed E-state index contributed by atoms with van der Waals surface area (Å²) < 4.78 is 5.98. The molecule has 1 rings (SSSR count). The van der Waals surface area contributed by atoms with Crippen molar-refractivity contribution in [3.63, 3.8) is 0 Å². The highest BCUT2D eigenvalue weighted by Crippen LogP contribution is 2.42. The lowest BCUT2D eigenvalue weighted by Gasteiger charge is -2.52. The van der Waals surface area contributed by atoms with E-state index in [1.807, 2.05) is 0 Å². The van der Waals surface area contributed by atoms with Crippen LogP contribution in [0.2, 0.25) is 0 Å². The third-order valence-corrected chi connectivity index (χ3v) is 4.23. The predicted molar refractivity (Wildman–Crippen MR) is 77.9 cm³/mol. The monoisotopic (exact) mass is 256 g/mol. The molecule has 0 heterocycles. The first kappa shape index (κ1) is 15.9. The number of nitrogens with zero attached hydrogens (tertiary/aromatic N) is 1. The Morgan fingerprint density at radius 2 is 2.06 bits per heavy atom. The second-order valence-electron chi connectivity index (χ2n) is 6.68. The Morgan fingerprint density at radius 1 is 1.39 bits per heavy atom. The number of likely N-dealkylation sites (N-methyl/N-ethyl adjacent to an activating group) is 1. The van der Waals surface area contributed by atoms with Crippen molar-refractivity contribution < 1.29 is 4.74 Å². The zero-order valence-electron chi connectivity index (χ0n) is 13.1. The number of ether oxygens (including phenoxy) is 1. The van der Waals surface area contributed by atoms with Crippen molar-refractivity contribution in [2.75, 3.05) is 33.3 Å². The third kappa shape index (κ3) is 4.22. The Morgan fingerprint density at radius 3 is 2.56 bits per heavy atom. The van der Waals surface area contributed by atoms with E-state index >= 15 is 0 Å². The lowest BCUT2D eigenvalue weighted by molar-refractivity contribution is -0.123. The molecule has 0 radical (unpaired) electrons. The Balaban J connectivity index is 2.22. The normalized spacial score (nSPS) is 26.7. The molecule has 1 saturated carbocycles. The van der Waals surface area contributed by atoms with Crippen LogP contribution in [0.1, 0.15) is 41.0 Å². The molecule has 108 valence electrons. The smallest absolute Gasteiger partial charge is 0.0656 e. The summed E-state index contributed by atoms with van der Waals surface area (Å²) in [4.78, 5) is 2.34. The molecule has 0 aromatic heterocycles. The molecule has 2 unspecified atom stereocenters. The molecule has 3 heteroatoms. The van der Waals surface area contributed by atoms with Gasteiger partial charge in [0, 0.05) is 31.2 Å². The molecule has 1 N–H and O–H groups in total. The highest BCUT2D eigenvalue weighted by molar-refractivity contribution is 5.02. The molecular weight excluding hydrogens is 224 g/mol. The number of hydrogen-bond acceptors (Lipinski definition) is 3. The Bertz CT molecular complexity index is 241. The minimum atomic E-state index is 0.277. The minimum absolute atomic E-state index is 0.277. The molecule has 0 aromatic rings. The van der Waals surface area contributed by atoms with Crippen molar-refractivity contribution in [1.82, 2.24) is 10.2 Å². The summed E-state index contributed by atoms with van der Waals surface area (Å²) in [6.07, 6.45) is 1.59. The quantitative estimate of drug-likeness (QED) is 0.721. The zero-order chi connectivity index (χ0) is 13.8. The van der Waals surface area contributed by atoms with Crippen molar-refractivity contribution in [3.8, 4) is 0 Å². The fourth-order valence-electron chi connectivity index (χ4n) is 2.41. The van der Waals surface area contributed by atoms with Gasteiger partial charge in [-0.05, 0) is 25.9 Å². The van der Waals surface area contributed by atoms with Gasteiger partial charge >= 0.3 is 0 Å². The average molecular weight is 256 g/mol. The van der Waals surface area contributed by atoms with Gasteiger partial charge in [-0.2, -0.15) is 0 Å². The topological polar surface area (TPSA) is 24.5 Å². The maximum Gasteiger partial charge on any atom is 0.0656 e. The molecular formula is C15H32N2O. The molecule has 0 amide bonds. The lowest BCUT2D eigenvalue weighted by Crippen LogP contribution is -2.61. The summed E-state index contributed by atoms with van der Waals surface area (Å²) in [7, 11) is 2.17.